The van der Waals surface area contributed by atoms with Crippen molar-refractivity contribution in [1.82, 2.24) is 15.0 Å². The molecule has 0 radical (unpaired) electrons. The van der Waals surface area contributed by atoms with Crippen LogP contribution < -0.4 is 9.80 Å². The van der Waals surface area contributed by atoms with Crippen LogP contribution in [0.2, 0.25) is 0 Å². The highest BCUT2D eigenvalue weighted by molar-refractivity contribution is 7.90. The van der Waals surface area contributed by atoms with Crippen LogP contribution in [0.15, 0.2) is 78.0 Å². The van der Waals surface area contributed by atoms with Gasteiger partial charge in [0.05, 0.1) is 43.4 Å². The first-order valence-corrected chi connectivity index (χ1v) is 15.3. The molecule has 0 amide bonds. The fourth-order valence-corrected chi connectivity index (χ4v) is 6.11. The van der Waals surface area contributed by atoms with Gasteiger partial charge in [0.15, 0.2) is 5.72 Å². The molecular weight excluding hydrogens is 552 g/mol. The number of nitrogens with zero attached hydrogens (tertiary/aromatic N) is 6. The lowest BCUT2D eigenvalue weighted by atomic mass is 10.0. The lowest BCUT2D eigenvalue weighted by molar-refractivity contribution is -0.261. The van der Waals surface area contributed by atoms with Crippen molar-refractivity contribution in [3.8, 4) is 6.07 Å². The lowest BCUT2D eigenvalue weighted by Gasteiger charge is -2.45. The van der Waals surface area contributed by atoms with Gasteiger partial charge < -0.3 is 24.3 Å². The zero-order valence-electron chi connectivity index (χ0n) is 23.1. The van der Waals surface area contributed by atoms with E-state index >= 15 is 0 Å². The van der Waals surface area contributed by atoms with Crippen molar-refractivity contribution < 1.29 is 19.3 Å². The quantitative estimate of drug-likeness (QED) is 0.267. The summed E-state index contributed by atoms with van der Waals surface area (Å²) in [6, 6.07) is 25.0. The molecule has 0 bridgehead atoms. The maximum absolute atomic E-state index is 12.8. The number of hydrogen-bond donors (Lipinski definition) is 1. The molecule has 6 rings (SSSR count). The van der Waals surface area contributed by atoms with Crippen LogP contribution in [0, 0.1) is 11.3 Å². The van der Waals surface area contributed by atoms with Gasteiger partial charge in [0, 0.05) is 40.9 Å². The van der Waals surface area contributed by atoms with Crippen LogP contribution in [0.4, 0.5) is 11.5 Å². The number of hydroxylamine groups is 2. The summed E-state index contributed by atoms with van der Waals surface area (Å²) < 4.78 is 12.6. The molecule has 0 saturated carbocycles. The van der Waals surface area contributed by atoms with E-state index in [-0.39, 0.29) is 24.7 Å². The number of benzene rings is 3. The summed E-state index contributed by atoms with van der Waals surface area (Å²) in [5.41, 5.74) is 1.39. The van der Waals surface area contributed by atoms with Crippen molar-refractivity contribution in [2.45, 2.75) is 30.3 Å². The third-order valence-corrected chi connectivity index (χ3v) is 8.43. The first-order chi connectivity index (χ1) is 20.4. The van der Waals surface area contributed by atoms with Crippen molar-refractivity contribution in [3.05, 3.63) is 89.6 Å². The average Bonchev–Trinajstić information content (AvgIpc) is 3.01. The topological polar surface area (TPSA) is 129 Å². The molecule has 11 heteroatoms. The van der Waals surface area contributed by atoms with Crippen LogP contribution in [-0.4, -0.2) is 68.8 Å². The molecule has 1 saturated heterocycles. The predicted octanol–water partition coefficient (Wildman–Crippen LogP) is 3.43. The largest absolute Gasteiger partial charge is 0.609 e. The zero-order valence-corrected chi connectivity index (χ0v) is 24.0. The van der Waals surface area contributed by atoms with Gasteiger partial charge in [0.2, 0.25) is 0 Å². The molecule has 10 nitrogen and oxygen atoms in total. The van der Waals surface area contributed by atoms with Gasteiger partial charge in [-0.05, 0) is 30.0 Å². The van der Waals surface area contributed by atoms with Crippen LogP contribution >= 0.6 is 0 Å². The second-order valence-corrected chi connectivity index (χ2v) is 11.7. The van der Waals surface area contributed by atoms with Crippen LogP contribution in [0.1, 0.15) is 28.0 Å². The Balaban J connectivity index is 1.30. The molecule has 3 aromatic carbocycles. The molecule has 3 heterocycles. The summed E-state index contributed by atoms with van der Waals surface area (Å²) in [6.45, 7) is 1.71. The van der Waals surface area contributed by atoms with Crippen molar-refractivity contribution in [2.24, 2.45) is 0 Å². The summed E-state index contributed by atoms with van der Waals surface area (Å²) in [5, 5.41) is 24.9. The highest BCUT2D eigenvalue weighted by Crippen LogP contribution is 2.35. The molecule has 1 unspecified atom stereocenters. The van der Waals surface area contributed by atoms with Crippen molar-refractivity contribution in [1.29, 1.82) is 5.26 Å². The molecule has 1 fully saturated rings. The lowest BCUT2D eigenvalue weighted by Crippen LogP contribution is -2.63. The van der Waals surface area contributed by atoms with Crippen LogP contribution in [0.3, 0.4) is 0 Å². The highest BCUT2D eigenvalue weighted by atomic mass is 32.2. The summed E-state index contributed by atoms with van der Waals surface area (Å²) >= 11 is -1.44. The average molecular weight is 583 g/mol. The van der Waals surface area contributed by atoms with E-state index in [9.17, 15) is 19.7 Å². The van der Waals surface area contributed by atoms with E-state index in [1.165, 1.54) is 5.06 Å². The number of carbonyl (C=O) groups is 1. The molecule has 1 aromatic heterocycles. The van der Waals surface area contributed by atoms with Gasteiger partial charge in [-0.1, -0.05) is 54.6 Å². The van der Waals surface area contributed by atoms with Gasteiger partial charge in [-0.25, -0.2) is 4.79 Å². The first kappa shape index (κ1) is 27.9. The second-order valence-electron chi connectivity index (χ2n) is 10.5. The molecule has 0 spiro atoms. The van der Waals surface area contributed by atoms with E-state index in [2.05, 4.69) is 29.2 Å². The number of hydrogen-bond acceptors (Lipinski definition) is 10. The van der Waals surface area contributed by atoms with E-state index in [0.29, 0.717) is 30.9 Å². The normalized spacial score (nSPS) is 19.7. The van der Waals surface area contributed by atoms with E-state index in [1.54, 1.807) is 36.6 Å². The van der Waals surface area contributed by atoms with Gasteiger partial charge in [0.25, 0.3) is 0 Å². The highest BCUT2D eigenvalue weighted by Gasteiger charge is 2.44. The smallest absolute Gasteiger partial charge is 0.357 e. The van der Waals surface area contributed by atoms with Gasteiger partial charge in [0.1, 0.15) is 12.1 Å². The first-order valence-electron chi connectivity index (χ1n) is 13.7. The Morgan fingerprint density at radius 3 is 2.60 bits per heavy atom. The minimum absolute atomic E-state index is 0.0328. The van der Waals surface area contributed by atoms with Crippen LogP contribution in [0.5, 0.6) is 0 Å². The number of fused-ring (bicyclic) bond motifs is 2. The van der Waals surface area contributed by atoms with Gasteiger partial charge in [-0.15, -0.1) is 5.06 Å². The van der Waals surface area contributed by atoms with Gasteiger partial charge in [-0.2, -0.15) is 15.2 Å². The Labute approximate surface area is 246 Å². The third kappa shape index (κ3) is 5.37. The maximum atomic E-state index is 12.8. The number of aromatic nitrogens is 2. The number of nitriles is 1. The van der Waals surface area contributed by atoms with E-state index in [4.69, 9.17) is 14.8 Å². The molecule has 2 aliphatic heterocycles. The number of anilines is 2. The Morgan fingerprint density at radius 2 is 1.81 bits per heavy atom. The number of aliphatic hydroxyl groups is 1. The SMILES string of the molecule is C[S+]([O-])c1nc2c(c(N3CCN(OC(=O)c4ccccc4)[C@](O)(CC#N)C3)n1)CCN(c1cccc3ccccc13)C2. The molecule has 2 aliphatic rings. The molecule has 1 N–H and O–H groups in total. The minimum Gasteiger partial charge on any atom is -0.609 e. The Hall–Kier alpha value is -4.21. The summed E-state index contributed by atoms with van der Waals surface area (Å²) in [7, 11) is 0. The van der Waals surface area contributed by atoms with Crippen molar-refractivity contribution in [3.63, 3.8) is 0 Å². The summed E-state index contributed by atoms with van der Waals surface area (Å²) in [4.78, 5) is 31.9. The van der Waals surface area contributed by atoms with E-state index in [0.717, 1.165) is 34.3 Å². The number of rotatable bonds is 6. The van der Waals surface area contributed by atoms with Crippen molar-refractivity contribution in [2.75, 3.05) is 42.2 Å². The van der Waals surface area contributed by atoms with Crippen LogP contribution in [-0.2, 0) is 29.0 Å². The molecular formula is C31H30N6O4S. The summed E-state index contributed by atoms with van der Waals surface area (Å²) in [6.07, 6.45) is 1.90. The van der Waals surface area contributed by atoms with Crippen LogP contribution in [0.25, 0.3) is 10.8 Å². The van der Waals surface area contributed by atoms with Gasteiger partial charge >= 0.3 is 11.1 Å². The Kier molecular flexibility index (Phi) is 7.70. The molecule has 214 valence electrons. The zero-order chi connectivity index (χ0) is 29.3. The molecule has 42 heavy (non-hydrogen) atoms. The minimum atomic E-state index is -1.77. The third-order valence-electron chi connectivity index (χ3n) is 7.73. The fourth-order valence-electron chi connectivity index (χ4n) is 5.66. The van der Waals surface area contributed by atoms with Crippen molar-refractivity contribution >= 4 is 39.4 Å². The Bertz CT molecular complexity index is 1660. The number of piperazine rings is 1. The maximum Gasteiger partial charge on any atom is 0.357 e. The molecule has 0 aliphatic carbocycles. The molecule has 2 atom stereocenters. The second kappa shape index (κ2) is 11.6. The van der Waals surface area contributed by atoms with E-state index < -0.39 is 22.9 Å². The predicted molar refractivity (Wildman–Crippen MR) is 159 cm³/mol. The number of carbonyl (C=O) groups excluding carboxylic acids is 1. The Morgan fingerprint density at radius 1 is 1.05 bits per heavy atom. The summed E-state index contributed by atoms with van der Waals surface area (Å²) in [5.74, 6) is -0.0230. The monoisotopic (exact) mass is 582 g/mol. The fraction of sp³-hybridized carbons (Fsp3) is 0.290. The molecule has 4 aromatic rings. The number of β-amino-alcohol motifs (C(OH)–C–C–N with tert-alkyl or cyclic N) is 1. The van der Waals surface area contributed by atoms with Gasteiger partial charge in [-0.3, -0.25) is 0 Å². The van der Waals surface area contributed by atoms with E-state index in [1.807, 2.05) is 29.2 Å². The standard InChI is InChI=1S/C31H30N6O4S/c1-42(40)30-33-26-20-35(27-13-7-11-22-8-5-6-12-24(22)27)17-14-25(26)28(34-30)36-18-19-37(31(39,21-36)15-16-32)41-29(38)23-9-3-2-4-10-23/h2-13,39H,14-15,17-21H2,1H3/t31-,42?/m0/s1.